The van der Waals surface area contributed by atoms with Gasteiger partial charge in [-0.15, -0.1) is 0 Å². The van der Waals surface area contributed by atoms with Crippen LogP contribution in [0.15, 0.2) is 94.9 Å². The van der Waals surface area contributed by atoms with Crippen LogP contribution in [0.3, 0.4) is 0 Å². The van der Waals surface area contributed by atoms with Crippen molar-refractivity contribution in [3.8, 4) is 0 Å². The molecule has 3 aromatic carbocycles. The van der Waals surface area contributed by atoms with Gasteiger partial charge in [0.05, 0.1) is 17.2 Å². The summed E-state index contributed by atoms with van der Waals surface area (Å²) in [6.45, 7) is 1.97. The van der Waals surface area contributed by atoms with Gasteiger partial charge in [-0.05, 0) is 66.7 Å². The van der Waals surface area contributed by atoms with Gasteiger partial charge in [-0.1, -0.05) is 71.9 Å². The summed E-state index contributed by atoms with van der Waals surface area (Å²) in [6, 6.07) is 26.2. The van der Waals surface area contributed by atoms with E-state index in [-0.39, 0.29) is 17.6 Å². The van der Waals surface area contributed by atoms with Crippen molar-refractivity contribution < 1.29 is 14.3 Å². The number of para-hydroxylation sites is 1. The predicted octanol–water partition coefficient (Wildman–Crippen LogP) is 6.20. The van der Waals surface area contributed by atoms with Gasteiger partial charge in [0.2, 0.25) is 9.37 Å². The molecule has 9 heteroatoms. The number of ether oxygens (including phenoxy) is 1. The van der Waals surface area contributed by atoms with E-state index < -0.39 is 10.3 Å². The third-order valence-electron chi connectivity index (χ3n) is 5.26. The maximum Gasteiger partial charge on any atom is 0.365 e. The Bertz CT molecular complexity index is 1320. The molecule has 0 aliphatic carbocycles. The van der Waals surface area contributed by atoms with E-state index >= 15 is 0 Å². The van der Waals surface area contributed by atoms with E-state index in [2.05, 4.69) is 5.10 Å². The number of nitrogens with zero attached hydrogens (tertiary/aromatic N) is 3. The summed E-state index contributed by atoms with van der Waals surface area (Å²) in [6.07, 6.45) is 1.86. The lowest BCUT2D eigenvalue weighted by molar-refractivity contribution is -0.134. The largest absolute Gasteiger partial charge is 0.461 e. The van der Waals surface area contributed by atoms with E-state index in [1.54, 1.807) is 29.0 Å². The molecule has 2 aliphatic rings. The van der Waals surface area contributed by atoms with Gasteiger partial charge in [0.15, 0.2) is 0 Å². The first-order valence-corrected chi connectivity index (χ1v) is 12.9. The van der Waals surface area contributed by atoms with Crippen LogP contribution >= 0.6 is 35.1 Å². The van der Waals surface area contributed by atoms with Crippen LogP contribution in [0.4, 0.5) is 11.4 Å². The zero-order valence-electron chi connectivity index (χ0n) is 18.6. The number of esters is 1. The third kappa shape index (κ3) is 4.45. The number of hydrogen-bond donors (Lipinski definition) is 0. The zero-order valence-corrected chi connectivity index (χ0v) is 21.0. The van der Waals surface area contributed by atoms with Crippen LogP contribution in [0, 0.1) is 0 Å². The van der Waals surface area contributed by atoms with Crippen LogP contribution in [0.25, 0.3) is 6.08 Å². The minimum Gasteiger partial charge on any atom is -0.461 e. The number of halogens is 1. The molecule has 1 fully saturated rings. The van der Waals surface area contributed by atoms with Crippen molar-refractivity contribution in [2.45, 2.75) is 11.3 Å². The first kappa shape index (κ1) is 23.5. The second-order valence-electron chi connectivity index (χ2n) is 7.56. The van der Waals surface area contributed by atoms with Crippen LogP contribution in [0.2, 0.25) is 5.02 Å². The van der Waals surface area contributed by atoms with Gasteiger partial charge >= 0.3 is 5.97 Å². The average Bonchev–Trinajstić information content (AvgIpc) is 3.38. The molecule has 35 heavy (non-hydrogen) atoms. The Hall–Kier alpha value is -3.20. The van der Waals surface area contributed by atoms with Crippen LogP contribution in [-0.2, 0) is 14.3 Å². The quantitative estimate of drug-likeness (QED) is 0.294. The fraction of sp³-hybridized carbons (Fsp3) is 0.115. The molecule has 1 unspecified atom stereocenters. The Morgan fingerprint density at radius 3 is 2.29 bits per heavy atom. The van der Waals surface area contributed by atoms with Gasteiger partial charge in [0.25, 0.3) is 5.91 Å². The molecule has 2 aliphatic heterocycles. The van der Waals surface area contributed by atoms with Gasteiger partial charge in [-0.2, -0.15) is 5.10 Å². The molecular weight excluding hydrogens is 502 g/mol. The summed E-state index contributed by atoms with van der Waals surface area (Å²) in [4.78, 5) is 28.9. The normalized spacial score (nSPS) is 20.6. The lowest BCUT2D eigenvalue weighted by atomic mass is 10.2. The summed E-state index contributed by atoms with van der Waals surface area (Å²) >= 11 is 8.67. The Labute approximate surface area is 216 Å². The van der Waals surface area contributed by atoms with Crippen molar-refractivity contribution in [2.75, 3.05) is 16.5 Å². The number of carbonyl (C=O) groups excluding carboxylic acids is 2. The average molecular weight is 522 g/mol. The number of carbonyl (C=O) groups is 2. The molecule has 1 spiro atoms. The van der Waals surface area contributed by atoms with Crippen molar-refractivity contribution in [2.24, 2.45) is 5.10 Å². The van der Waals surface area contributed by atoms with Gasteiger partial charge < -0.3 is 4.74 Å². The van der Waals surface area contributed by atoms with E-state index in [1.165, 1.54) is 23.5 Å². The standard InChI is InChI=1S/C26H20ClN3O3S2/c1-2-33-25(32)23-28-30(21-15-13-19(27)14-16-21)26(35-23)29(20-11-7-4-8-12-20)24(31)22(34-26)17-18-9-5-3-6-10-18/h3-17H,2H2,1H3. The molecular formula is C26H20ClN3O3S2. The SMILES string of the molecule is CCOC(=O)C1=NN(c2ccc(Cl)cc2)C2(SC(=Cc3ccccc3)C(=O)N2c2ccccc2)S1. The molecule has 0 aromatic heterocycles. The highest BCUT2D eigenvalue weighted by Gasteiger charge is 2.60. The Balaban J connectivity index is 1.67. The highest BCUT2D eigenvalue weighted by Crippen LogP contribution is 2.59. The van der Waals surface area contributed by atoms with E-state index in [0.717, 1.165) is 5.56 Å². The number of thioether (sulfide) groups is 2. The number of hydrazone groups is 1. The van der Waals surface area contributed by atoms with Gasteiger partial charge in [-0.3, -0.25) is 9.69 Å². The molecule has 5 rings (SSSR count). The summed E-state index contributed by atoms with van der Waals surface area (Å²) in [5, 5.41) is 7.09. The van der Waals surface area contributed by atoms with E-state index in [1.807, 2.05) is 78.9 Å². The number of anilines is 2. The summed E-state index contributed by atoms with van der Waals surface area (Å²) in [5.41, 5.74) is 2.28. The predicted molar refractivity (Wildman–Crippen MR) is 144 cm³/mol. The lowest BCUT2D eigenvalue weighted by Crippen LogP contribution is -2.51. The topological polar surface area (TPSA) is 62.2 Å². The van der Waals surface area contributed by atoms with Crippen molar-refractivity contribution in [1.82, 2.24) is 0 Å². The Kier molecular flexibility index (Phi) is 6.60. The Morgan fingerprint density at radius 2 is 1.63 bits per heavy atom. The third-order valence-corrected chi connectivity index (χ3v) is 8.21. The van der Waals surface area contributed by atoms with E-state index in [4.69, 9.17) is 16.3 Å². The first-order chi connectivity index (χ1) is 17.0. The van der Waals surface area contributed by atoms with E-state index in [9.17, 15) is 9.59 Å². The van der Waals surface area contributed by atoms with Crippen molar-refractivity contribution in [1.29, 1.82) is 0 Å². The van der Waals surface area contributed by atoms with Crippen LogP contribution in [0.5, 0.6) is 0 Å². The summed E-state index contributed by atoms with van der Waals surface area (Å²) < 4.78 is 4.14. The molecule has 1 amide bonds. The molecule has 0 saturated carbocycles. The highest BCUT2D eigenvalue weighted by molar-refractivity contribution is 8.29. The summed E-state index contributed by atoms with van der Waals surface area (Å²) in [7, 11) is 0. The summed E-state index contributed by atoms with van der Waals surface area (Å²) in [5.74, 6) is -0.716. The van der Waals surface area contributed by atoms with Crippen LogP contribution in [0.1, 0.15) is 12.5 Å². The number of benzene rings is 3. The molecule has 176 valence electrons. The molecule has 0 N–H and O–H groups in total. The van der Waals surface area contributed by atoms with Crippen LogP contribution in [-0.4, -0.2) is 27.9 Å². The first-order valence-electron chi connectivity index (χ1n) is 10.9. The lowest BCUT2D eigenvalue weighted by Gasteiger charge is -2.38. The van der Waals surface area contributed by atoms with Gasteiger partial charge in [-0.25, -0.2) is 9.80 Å². The number of amides is 1. The van der Waals surface area contributed by atoms with Crippen molar-refractivity contribution >= 4 is 69.5 Å². The van der Waals surface area contributed by atoms with Gasteiger partial charge in [0, 0.05) is 10.7 Å². The zero-order chi connectivity index (χ0) is 24.4. The molecule has 1 atom stereocenters. The number of rotatable bonds is 5. The van der Waals surface area contributed by atoms with Gasteiger partial charge in [0.1, 0.15) is 0 Å². The monoisotopic (exact) mass is 521 g/mol. The Morgan fingerprint density at radius 1 is 0.971 bits per heavy atom. The fourth-order valence-electron chi connectivity index (χ4n) is 3.75. The smallest absolute Gasteiger partial charge is 0.365 e. The highest BCUT2D eigenvalue weighted by atomic mass is 35.5. The minimum atomic E-state index is -1.12. The van der Waals surface area contributed by atoms with E-state index in [0.29, 0.717) is 21.3 Å². The second kappa shape index (κ2) is 9.81. The molecule has 6 nitrogen and oxygen atoms in total. The van der Waals surface area contributed by atoms with Crippen molar-refractivity contribution in [3.05, 3.63) is 100 Å². The molecule has 1 saturated heterocycles. The molecule has 0 bridgehead atoms. The molecule has 0 radical (unpaired) electrons. The second-order valence-corrected chi connectivity index (χ2v) is 10.6. The van der Waals surface area contributed by atoms with Crippen LogP contribution < -0.4 is 9.91 Å². The fourth-order valence-corrected chi connectivity index (χ4v) is 6.75. The maximum absolute atomic E-state index is 13.9. The molecule has 3 aromatic rings. The minimum absolute atomic E-state index is 0.170. The maximum atomic E-state index is 13.9. The number of hydrogen-bond acceptors (Lipinski definition) is 7. The molecule has 2 heterocycles. The van der Waals surface area contributed by atoms with Crippen molar-refractivity contribution in [3.63, 3.8) is 0 Å².